The zero-order valence-corrected chi connectivity index (χ0v) is 32.7. The highest BCUT2D eigenvalue weighted by molar-refractivity contribution is 5.72. The maximum absolute atomic E-state index is 12.9. The summed E-state index contributed by atoms with van der Waals surface area (Å²) in [6.07, 6.45) is 32.8. The standard InChI is InChI=1S/C43H86O2/c1-10-11-12-13-18-24-29-41(34-38(6)7)42(35-39(8)9)30-25-19-14-15-21-26-33-45-43(44)40(32-31-37(4)5)28-23-20-16-17-22-27-36(2)3/h36-42H,10-35H2,1-9H3. The smallest absolute Gasteiger partial charge is 0.308 e. The molecule has 0 aliphatic rings. The average molecular weight is 635 g/mol. The molecule has 0 N–H and O–H groups in total. The summed E-state index contributed by atoms with van der Waals surface area (Å²) >= 11 is 0. The highest BCUT2D eigenvalue weighted by Gasteiger charge is 2.23. The first-order chi connectivity index (χ1) is 21.6. The van der Waals surface area contributed by atoms with E-state index in [0.29, 0.717) is 12.5 Å². The Balaban J connectivity index is 4.34. The van der Waals surface area contributed by atoms with Crippen molar-refractivity contribution < 1.29 is 9.53 Å². The molecule has 270 valence electrons. The van der Waals surface area contributed by atoms with Crippen LogP contribution < -0.4 is 0 Å². The number of carbonyl (C=O) groups is 1. The summed E-state index contributed by atoms with van der Waals surface area (Å²) in [5, 5.41) is 0. The second-order valence-corrected chi connectivity index (χ2v) is 16.8. The Bertz CT molecular complexity index is 621. The van der Waals surface area contributed by atoms with Crippen molar-refractivity contribution >= 4 is 5.97 Å². The topological polar surface area (TPSA) is 26.3 Å². The van der Waals surface area contributed by atoms with Crippen molar-refractivity contribution in [2.45, 2.75) is 223 Å². The minimum Gasteiger partial charge on any atom is -0.465 e. The van der Waals surface area contributed by atoms with Gasteiger partial charge in [-0.1, -0.05) is 191 Å². The van der Waals surface area contributed by atoms with Gasteiger partial charge in [-0.25, -0.2) is 0 Å². The van der Waals surface area contributed by atoms with E-state index in [0.717, 1.165) is 55.3 Å². The summed E-state index contributed by atoms with van der Waals surface area (Å²) in [6, 6.07) is 0. The van der Waals surface area contributed by atoms with Gasteiger partial charge in [-0.15, -0.1) is 0 Å². The largest absolute Gasteiger partial charge is 0.465 e. The lowest BCUT2D eigenvalue weighted by Gasteiger charge is -2.30. The van der Waals surface area contributed by atoms with Gasteiger partial charge in [-0.3, -0.25) is 4.79 Å². The van der Waals surface area contributed by atoms with E-state index >= 15 is 0 Å². The molecule has 2 heteroatoms. The minimum absolute atomic E-state index is 0.0866. The molecule has 0 spiro atoms. The first-order valence-corrected chi connectivity index (χ1v) is 20.7. The van der Waals surface area contributed by atoms with E-state index in [1.165, 1.54) is 135 Å². The van der Waals surface area contributed by atoms with Crippen molar-refractivity contribution in [1.29, 1.82) is 0 Å². The van der Waals surface area contributed by atoms with Gasteiger partial charge in [0.1, 0.15) is 0 Å². The van der Waals surface area contributed by atoms with E-state index in [1.807, 2.05) is 0 Å². The number of hydrogen-bond acceptors (Lipinski definition) is 2. The van der Waals surface area contributed by atoms with E-state index in [9.17, 15) is 4.79 Å². The molecule has 0 aromatic rings. The van der Waals surface area contributed by atoms with E-state index < -0.39 is 0 Å². The third kappa shape index (κ3) is 29.3. The summed E-state index contributed by atoms with van der Waals surface area (Å²) in [6.45, 7) is 21.8. The maximum Gasteiger partial charge on any atom is 0.308 e. The minimum atomic E-state index is 0.0866. The summed E-state index contributed by atoms with van der Waals surface area (Å²) in [7, 11) is 0. The Morgan fingerprint density at radius 3 is 1.27 bits per heavy atom. The normalized spacial score (nSPS) is 14.2. The molecule has 2 nitrogen and oxygen atoms in total. The monoisotopic (exact) mass is 635 g/mol. The molecule has 0 amide bonds. The number of ether oxygens (including phenoxy) is 1. The molecule has 0 rings (SSSR count). The van der Waals surface area contributed by atoms with Crippen LogP contribution in [0.1, 0.15) is 223 Å². The van der Waals surface area contributed by atoms with Gasteiger partial charge in [0.05, 0.1) is 12.5 Å². The van der Waals surface area contributed by atoms with Crippen LogP contribution in [0.15, 0.2) is 0 Å². The van der Waals surface area contributed by atoms with Gasteiger partial charge in [0.15, 0.2) is 0 Å². The highest BCUT2D eigenvalue weighted by atomic mass is 16.5. The first-order valence-electron chi connectivity index (χ1n) is 20.7. The van der Waals surface area contributed by atoms with Crippen LogP contribution in [0.4, 0.5) is 0 Å². The number of carbonyl (C=O) groups excluding carboxylic acids is 1. The van der Waals surface area contributed by atoms with Crippen LogP contribution in [0.2, 0.25) is 0 Å². The molecule has 0 aromatic heterocycles. The molecule has 0 aromatic carbocycles. The quantitative estimate of drug-likeness (QED) is 0.0530. The molecule has 3 unspecified atom stereocenters. The van der Waals surface area contributed by atoms with Crippen molar-refractivity contribution in [3.05, 3.63) is 0 Å². The summed E-state index contributed by atoms with van der Waals surface area (Å²) in [5.41, 5.74) is 0. The van der Waals surface area contributed by atoms with Gasteiger partial charge >= 0.3 is 5.97 Å². The predicted octanol–water partition coefficient (Wildman–Crippen LogP) is 14.8. The van der Waals surface area contributed by atoms with E-state index in [2.05, 4.69) is 62.3 Å². The zero-order valence-electron chi connectivity index (χ0n) is 32.7. The molecule has 0 fully saturated rings. The number of unbranched alkanes of at least 4 members (excludes halogenated alkanes) is 14. The molecule has 0 radical (unpaired) electrons. The molecule has 3 atom stereocenters. The second kappa shape index (κ2) is 30.8. The molecule has 45 heavy (non-hydrogen) atoms. The second-order valence-electron chi connectivity index (χ2n) is 16.8. The lowest BCUT2D eigenvalue weighted by molar-refractivity contribution is -0.149. The Morgan fingerprint density at radius 1 is 0.422 bits per heavy atom. The summed E-state index contributed by atoms with van der Waals surface area (Å²) in [4.78, 5) is 12.9. The average Bonchev–Trinajstić information content (AvgIpc) is 2.97. The Hall–Kier alpha value is -0.530. The molecular weight excluding hydrogens is 548 g/mol. The molecule has 0 aliphatic heterocycles. The van der Waals surface area contributed by atoms with Gasteiger partial charge in [0.25, 0.3) is 0 Å². The Labute approximate surface area is 285 Å². The SMILES string of the molecule is CCCCCCCCC(CC(C)C)C(CCCCCCCCOC(=O)C(CCCCCCCC(C)C)CCC(C)C)CC(C)C. The van der Waals surface area contributed by atoms with Crippen LogP contribution in [-0.2, 0) is 9.53 Å². The van der Waals surface area contributed by atoms with Crippen molar-refractivity contribution in [2.24, 2.45) is 41.4 Å². The zero-order chi connectivity index (χ0) is 33.7. The predicted molar refractivity (Wildman–Crippen MR) is 202 cm³/mol. The van der Waals surface area contributed by atoms with Gasteiger partial charge in [0, 0.05) is 0 Å². The van der Waals surface area contributed by atoms with Gasteiger partial charge in [-0.2, -0.15) is 0 Å². The molecule has 0 saturated heterocycles. The van der Waals surface area contributed by atoms with Crippen LogP contribution in [0.25, 0.3) is 0 Å². The van der Waals surface area contributed by atoms with Gasteiger partial charge in [0.2, 0.25) is 0 Å². The molecule has 0 bridgehead atoms. The number of rotatable bonds is 33. The fourth-order valence-corrected chi connectivity index (χ4v) is 7.38. The molecule has 0 saturated carbocycles. The Kier molecular flexibility index (Phi) is 30.4. The van der Waals surface area contributed by atoms with E-state index in [1.54, 1.807) is 0 Å². The van der Waals surface area contributed by atoms with Crippen molar-refractivity contribution in [2.75, 3.05) is 6.61 Å². The third-order valence-electron chi connectivity index (χ3n) is 10.1. The van der Waals surface area contributed by atoms with Crippen molar-refractivity contribution in [3.63, 3.8) is 0 Å². The van der Waals surface area contributed by atoms with Gasteiger partial charge in [-0.05, 0) is 67.6 Å². The van der Waals surface area contributed by atoms with Crippen LogP contribution in [0.5, 0.6) is 0 Å². The van der Waals surface area contributed by atoms with E-state index in [4.69, 9.17) is 4.74 Å². The first kappa shape index (κ1) is 44.5. The third-order valence-corrected chi connectivity index (χ3v) is 10.1. The van der Waals surface area contributed by atoms with Crippen molar-refractivity contribution in [1.82, 2.24) is 0 Å². The van der Waals surface area contributed by atoms with Crippen LogP contribution in [-0.4, -0.2) is 12.6 Å². The summed E-state index contributed by atoms with van der Waals surface area (Å²) < 4.78 is 5.83. The van der Waals surface area contributed by atoms with Crippen molar-refractivity contribution in [3.8, 4) is 0 Å². The van der Waals surface area contributed by atoms with Crippen LogP contribution >= 0.6 is 0 Å². The molecular formula is C43H86O2. The molecule has 0 heterocycles. The van der Waals surface area contributed by atoms with Crippen LogP contribution in [0.3, 0.4) is 0 Å². The lowest BCUT2D eigenvalue weighted by Crippen LogP contribution is -2.19. The lowest BCUT2D eigenvalue weighted by atomic mass is 9.75. The fourth-order valence-electron chi connectivity index (χ4n) is 7.38. The van der Waals surface area contributed by atoms with E-state index in [-0.39, 0.29) is 11.9 Å². The fraction of sp³-hybridized carbons (Fsp3) is 0.977. The molecule has 0 aliphatic carbocycles. The number of hydrogen-bond donors (Lipinski definition) is 0. The number of esters is 1. The highest BCUT2D eigenvalue weighted by Crippen LogP contribution is 2.34. The summed E-state index contributed by atoms with van der Waals surface area (Å²) in [5.74, 6) is 5.13. The van der Waals surface area contributed by atoms with Gasteiger partial charge < -0.3 is 4.74 Å². The Morgan fingerprint density at radius 2 is 0.822 bits per heavy atom. The van der Waals surface area contributed by atoms with Crippen LogP contribution in [0, 0.1) is 41.4 Å². The maximum atomic E-state index is 12.9.